The van der Waals surface area contributed by atoms with Crippen molar-refractivity contribution in [3.05, 3.63) is 54.0 Å². The van der Waals surface area contributed by atoms with E-state index in [9.17, 15) is 4.79 Å². The number of carbonyl (C=O) groups excluding carboxylic acids is 1. The van der Waals surface area contributed by atoms with E-state index in [4.69, 9.17) is 17.2 Å². The Morgan fingerprint density at radius 2 is 2.04 bits per heavy atom. The van der Waals surface area contributed by atoms with Crippen molar-refractivity contribution in [1.29, 1.82) is 0 Å². The van der Waals surface area contributed by atoms with E-state index < -0.39 is 5.91 Å². The lowest BCUT2D eigenvalue weighted by Gasteiger charge is -2.30. The summed E-state index contributed by atoms with van der Waals surface area (Å²) in [5, 5.41) is 6.18. The molecule has 0 radical (unpaired) electrons. The first kappa shape index (κ1) is 19.5. The zero-order valence-electron chi connectivity index (χ0n) is 15.2. The van der Waals surface area contributed by atoms with Gasteiger partial charge < -0.3 is 27.8 Å². The van der Waals surface area contributed by atoms with E-state index in [0.717, 1.165) is 31.2 Å². The van der Waals surface area contributed by atoms with Gasteiger partial charge in [-0.25, -0.2) is 4.99 Å². The molecule has 1 aliphatic rings. The molecule has 2 atom stereocenters. The highest BCUT2D eigenvalue weighted by Gasteiger charge is 2.21. The SMILES string of the molecule is C=C(NC=C(C(N)=O)C(N)=Nc1cccc(C)c1)N[C@@H]1CCCC[C@@H]1N. The van der Waals surface area contributed by atoms with E-state index in [1.165, 1.54) is 6.20 Å². The van der Waals surface area contributed by atoms with Gasteiger partial charge >= 0.3 is 0 Å². The average Bonchev–Trinajstić information content (AvgIpc) is 2.57. The Kier molecular flexibility index (Phi) is 6.80. The predicted octanol–water partition coefficient (Wildman–Crippen LogP) is 1.27. The lowest BCUT2D eigenvalue weighted by molar-refractivity contribution is -0.114. The van der Waals surface area contributed by atoms with Crippen molar-refractivity contribution in [3.63, 3.8) is 0 Å². The summed E-state index contributed by atoms with van der Waals surface area (Å²) < 4.78 is 0. The second-order valence-electron chi connectivity index (χ2n) is 6.58. The maximum Gasteiger partial charge on any atom is 0.253 e. The Balaban J connectivity index is 2.06. The molecule has 0 heterocycles. The third-order valence-corrected chi connectivity index (χ3v) is 4.36. The predicted molar refractivity (Wildman–Crippen MR) is 105 cm³/mol. The van der Waals surface area contributed by atoms with Gasteiger partial charge in [0.15, 0.2) is 0 Å². The second kappa shape index (κ2) is 9.05. The highest BCUT2D eigenvalue weighted by molar-refractivity contribution is 6.20. The molecule has 0 unspecified atom stereocenters. The van der Waals surface area contributed by atoms with Crippen LogP contribution in [0.4, 0.5) is 5.69 Å². The number of carbonyl (C=O) groups is 1. The maximum absolute atomic E-state index is 11.7. The van der Waals surface area contributed by atoms with Crippen LogP contribution in [0.15, 0.2) is 53.4 Å². The molecule has 140 valence electrons. The minimum Gasteiger partial charge on any atom is -0.383 e. The van der Waals surface area contributed by atoms with Crippen molar-refractivity contribution < 1.29 is 4.79 Å². The number of primary amides is 1. The Morgan fingerprint density at radius 3 is 2.69 bits per heavy atom. The number of nitrogens with two attached hydrogens (primary N) is 3. The van der Waals surface area contributed by atoms with Crippen LogP contribution in [0.5, 0.6) is 0 Å². The number of amidine groups is 1. The van der Waals surface area contributed by atoms with Crippen LogP contribution in [0, 0.1) is 6.92 Å². The zero-order valence-corrected chi connectivity index (χ0v) is 15.2. The van der Waals surface area contributed by atoms with Crippen molar-refractivity contribution in [1.82, 2.24) is 10.6 Å². The number of hydrogen-bond acceptors (Lipinski definition) is 5. The first-order valence-electron chi connectivity index (χ1n) is 8.75. The minimum atomic E-state index is -0.673. The zero-order chi connectivity index (χ0) is 19.1. The Hall–Kier alpha value is -2.80. The number of aryl methyl sites for hydroxylation is 1. The molecule has 1 saturated carbocycles. The Bertz CT molecular complexity index is 724. The number of benzene rings is 1. The number of hydrogen-bond donors (Lipinski definition) is 5. The van der Waals surface area contributed by atoms with Gasteiger partial charge in [0.2, 0.25) is 0 Å². The molecule has 8 N–H and O–H groups in total. The molecule has 0 bridgehead atoms. The normalized spacial score (nSPS) is 21.2. The van der Waals surface area contributed by atoms with E-state index in [1.807, 2.05) is 25.1 Å². The van der Waals surface area contributed by atoms with E-state index in [1.54, 1.807) is 6.07 Å². The Labute approximate surface area is 154 Å². The molecule has 2 rings (SSSR count). The summed E-state index contributed by atoms with van der Waals surface area (Å²) in [5.74, 6) is -0.0965. The number of nitrogens with one attached hydrogen (secondary N) is 2. The van der Waals surface area contributed by atoms with Gasteiger partial charge in [-0.15, -0.1) is 0 Å². The summed E-state index contributed by atoms with van der Waals surface area (Å²) >= 11 is 0. The summed E-state index contributed by atoms with van der Waals surface area (Å²) in [6.07, 6.45) is 5.68. The van der Waals surface area contributed by atoms with Gasteiger partial charge in [-0.2, -0.15) is 0 Å². The first-order chi connectivity index (χ1) is 12.4. The maximum atomic E-state index is 11.7. The molecule has 1 aliphatic carbocycles. The lowest BCUT2D eigenvalue weighted by atomic mass is 9.91. The fourth-order valence-corrected chi connectivity index (χ4v) is 2.93. The molecule has 26 heavy (non-hydrogen) atoms. The van der Waals surface area contributed by atoms with Gasteiger partial charge in [-0.3, -0.25) is 4.79 Å². The van der Waals surface area contributed by atoms with Crippen LogP contribution in [-0.4, -0.2) is 23.8 Å². The lowest BCUT2D eigenvalue weighted by Crippen LogP contribution is -2.48. The monoisotopic (exact) mass is 356 g/mol. The van der Waals surface area contributed by atoms with Crippen molar-refractivity contribution >= 4 is 17.4 Å². The highest BCUT2D eigenvalue weighted by Crippen LogP contribution is 2.17. The third kappa shape index (κ3) is 5.63. The fourth-order valence-electron chi connectivity index (χ4n) is 2.93. The molecule has 1 aromatic carbocycles. The Morgan fingerprint density at radius 1 is 1.31 bits per heavy atom. The van der Waals surface area contributed by atoms with E-state index in [-0.39, 0.29) is 23.5 Å². The number of nitrogens with zero attached hydrogens (tertiary/aromatic N) is 1. The minimum absolute atomic E-state index is 0.0396. The van der Waals surface area contributed by atoms with Gasteiger partial charge in [0.05, 0.1) is 17.1 Å². The summed E-state index contributed by atoms with van der Waals surface area (Å²) in [6.45, 7) is 5.87. The molecule has 1 amide bonds. The summed E-state index contributed by atoms with van der Waals surface area (Å²) in [7, 11) is 0. The molecule has 1 aromatic rings. The number of amides is 1. The molecule has 0 aromatic heterocycles. The quantitative estimate of drug-likeness (QED) is 0.285. The first-order valence-corrected chi connectivity index (χ1v) is 8.75. The average molecular weight is 356 g/mol. The molecule has 1 fully saturated rings. The molecule has 7 nitrogen and oxygen atoms in total. The smallest absolute Gasteiger partial charge is 0.253 e. The summed E-state index contributed by atoms with van der Waals surface area (Å²) in [4.78, 5) is 16.0. The van der Waals surface area contributed by atoms with Crippen molar-refractivity contribution in [3.8, 4) is 0 Å². The van der Waals surface area contributed by atoms with Gasteiger partial charge in [0.25, 0.3) is 5.91 Å². The number of rotatable bonds is 7. The van der Waals surface area contributed by atoms with Gasteiger partial charge in [-0.05, 0) is 37.5 Å². The molecular formula is C19H28N6O. The van der Waals surface area contributed by atoms with Crippen molar-refractivity contribution in [2.45, 2.75) is 44.7 Å². The fraction of sp³-hybridized carbons (Fsp3) is 0.368. The van der Waals surface area contributed by atoms with Crippen molar-refractivity contribution in [2.24, 2.45) is 22.2 Å². The number of aliphatic imine (C=N–C) groups is 1. The van der Waals surface area contributed by atoms with Gasteiger partial charge in [0.1, 0.15) is 5.84 Å². The molecule has 0 spiro atoms. The largest absolute Gasteiger partial charge is 0.383 e. The topological polar surface area (TPSA) is 132 Å². The van der Waals surface area contributed by atoms with Gasteiger partial charge in [0, 0.05) is 18.3 Å². The van der Waals surface area contributed by atoms with Crippen LogP contribution >= 0.6 is 0 Å². The molecule has 0 saturated heterocycles. The highest BCUT2D eigenvalue weighted by atomic mass is 16.1. The van der Waals surface area contributed by atoms with Gasteiger partial charge in [-0.1, -0.05) is 31.6 Å². The van der Waals surface area contributed by atoms with Crippen LogP contribution in [0.2, 0.25) is 0 Å². The summed E-state index contributed by atoms with van der Waals surface area (Å²) in [5.41, 5.74) is 19.3. The summed E-state index contributed by atoms with van der Waals surface area (Å²) in [6, 6.07) is 7.74. The van der Waals surface area contributed by atoms with Crippen LogP contribution in [0.3, 0.4) is 0 Å². The van der Waals surface area contributed by atoms with E-state index in [0.29, 0.717) is 11.5 Å². The van der Waals surface area contributed by atoms with Crippen LogP contribution in [0.25, 0.3) is 0 Å². The third-order valence-electron chi connectivity index (χ3n) is 4.36. The van der Waals surface area contributed by atoms with Crippen LogP contribution in [0.1, 0.15) is 31.2 Å². The van der Waals surface area contributed by atoms with Crippen LogP contribution in [-0.2, 0) is 4.79 Å². The van der Waals surface area contributed by atoms with Crippen LogP contribution < -0.4 is 27.8 Å². The molecule has 7 heteroatoms. The van der Waals surface area contributed by atoms with Crippen molar-refractivity contribution in [2.75, 3.05) is 0 Å². The molecule has 0 aliphatic heterocycles. The second-order valence-corrected chi connectivity index (χ2v) is 6.58. The van der Waals surface area contributed by atoms with E-state index >= 15 is 0 Å². The standard InChI is InChI=1S/C19H28N6O/c1-12-6-5-7-14(10-12)25-18(21)15(19(22)26)11-23-13(2)24-17-9-4-3-8-16(17)20/h5-7,10-11,16-17,23-24H,2-4,8-9,20H2,1H3,(H2,21,25)(H2,22,26)/t16-,17+/m0/s1. The molecular weight excluding hydrogens is 328 g/mol. The van der Waals surface area contributed by atoms with E-state index in [2.05, 4.69) is 22.2 Å².